The topological polar surface area (TPSA) is 66.4 Å². The molecule has 18 heavy (non-hydrogen) atoms. The summed E-state index contributed by atoms with van der Waals surface area (Å²) in [6.07, 6.45) is -0.369. The minimum absolute atomic E-state index is 0.197. The standard InChI is InChI=1S/C12H11F2NO3/c13-10(14)7-15-12(18)9-3-1-2-8(6-9)4-5-11(16)17/h1-6,10H,7H2,(H,15,18)(H,16,17)/b5-4+. The molecule has 0 aliphatic heterocycles. The van der Waals surface area contributed by atoms with Gasteiger partial charge in [0.1, 0.15) is 0 Å². The lowest BCUT2D eigenvalue weighted by Gasteiger charge is -2.04. The fraction of sp³-hybridized carbons (Fsp3) is 0.167. The van der Waals surface area contributed by atoms with Crippen molar-refractivity contribution < 1.29 is 23.5 Å². The zero-order valence-electron chi connectivity index (χ0n) is 9.27. The van der Waals surface area contributed by atoms with E-state index in [-0.39, 0.29) is 5.56 Å². The lowest BCUT2D eigenvalue weighted by molar-refractivity contribution is -0.131. The van der Waals surface area contributed by atoms with Gasteiger partial charge in [0.25, 0.3) is 12.3 Å². The summed E-state index contributed by atoms with van der Waals surface area (Å²) in [4.78, 5) is 21.8. The van der Waals surface area contributed by atoms with Crippen LogP contribution in [-0.4, -0.2) is 30.0 Å². The molecule has 0 aromatic heterocycles. The van der Waals surface area contributed by atoms with E-state index in [2.05, 4.69) is 5.32 Å². The zero-order valence-corrected chi connectivity index (χ0v) is 9.27. The van der Waals surface area contributed by atoms with Crippen LogP contribution < -0.4 is 5.32 Å². The largest absolute Gasteiger partial charge is 0.478 e. The van der Waals surface area contributed by atoms with E-state index < -0.39 is 24.8 Å². The number of hydrogen-bond acceptors (Lipinski definition) is 2. The van der Waals surface area contributed by atoms with Crippen molar-refractivity contribution in [2.75, 3.05) is 6.54 Å². The third-order valence-electron chi connectivity index (χ3n) is 1.98. The van der Waals surface area contributed by atoms with Gasteiger partial charge in [0, 0.05) is 11.6 Å². The van der Waals surface area contributed by atoms with Gasteiger partial charge in [0.05, 0.1) is 6.54 Å². The highest BCUT2D eigenvalue weighted by Crippen LogP contribution is 2.07. The van der Waals surface area contributed by atoms with Gasteiger partial charge < -0.3 is 10.4 Å². The predicted molar refractivity (Wildman–Crippen MR) is 61.4 cm³/mol. The Hall–Kier alpha value is -2.24. The summed E-state index contributed by atoms with van der Waals surface area (Å²) in [6.45, 7) is -0.714. The molecule has 6 heteroatoms. The molecule has 0 fully saturated rings. The van der Waals surface area contributed by atoms with Gasteiger partial charge in [0.15, 0.2) is 0 Å². The third kappa shape index (κ3) is 4.73. The summed E-state index contributed by atoms with van der Waals surface area (Å²) in [7, 11) is 0. The fourth-order valence-electron chi connectivity index (χ4n) is 1.22. The number of aliphatic carboxylic acids is 1. The number of rotatable bonds is 5. The molecule has 1 aromatic carbocycles. The molecule has 0 aliphatic carbocycles. The number of halogens is 2. The van der Waals surface area contributed by atoms with E-state index in [9.17, 15) is 18.4 Å². The molecule has 0 spiro atoms. The van der Waals surface area contributed by atoms with Crippen molar-refractivity contribution in [3.05, 3.63) is 41.5 Å². The Balaban J connectivity index is 2.75. The second-order valence-corrected chi connectivity index (χ2v) is 3.40. The van der Waals surface area contributed by atoms with E-state index in [1.807, 2.05) is 0 Å². The number of carbonyl (C=O) groups excluding carboxylic acids is 1. The molecule has 0 saturated carbocycles. The number of carboxylic acid groups (broad SMARTS) is 1. The smallest absolute Gasteiger partial charge is 0.328 e. The fourth-order valence-corrected chi connectivity index (χ4v) is 1.22. The second kappa shape index (κ2) is 6.48. The van der Waals surface area contributed by atoms with E-state index in [0.29, 0.717) is 5.56 Å². The van der Waals surface area contributed by atoms with Crippen molar-refractivity contribution in [2.24, 2.45) is 0 Å². The minimum atomic E-state index is -2.61. The van der Waals surface area contributed by atoms with Crippen LogP contribution >= 0.6 is 0 Å². The first-order valence-electron chi connectivity index (χ1n) is 5.06. The third-order valence-corrected chi connectivity index (χ3v) is 1.98. The van der Waals surface area contributed by atoms with Gasteiger partial charge in [-0.15, -0.1) is 0 Å². The molecule has 1 aromatic rings. The van der Waals surface area contributed by atoms with E-state index in [1.54, 1.807) is 12.1 Å². The summed E-state index contributed by atoms with van der Waals surface area (Å²) < 4.78 is 23.8. The summed E-state index contributed by atoms with van der Waals surface area (Å²) in [5.41, 5.74) is 0.699. The normalized spacial score (nSPS) is 10.8. The molecule has 4 nitrogen and oxygen atoms in total. The SMILES string of the molecule is O=C(O)/C=C/c1cccc(C(=O)NCC(F)F)c1. The van der Waals surface area contributed by atoms with Gasteiger partial charge in [0.2, 0.25) is 0 Å². The number of benzene rings is 1. The number of nitrogens with one attached hydrogen (secondary N) is 1. The summed E-state index contributed by atoms with van der Waals surface area (Å²) in [5.74, 6) is -1.73. The van der Waals surface area contributed by atoms with Crippen molar-refractivity contribution in [1.29, 1.82) is 0 Å². The van der Waals surface area contributed by atoms with Crippen LogP contribution in [-0.2, 0) is 4.79 Å². The van der Waals surface area contributed by atoms with Crippen molar-refractivity contribution in [3.63, 3.8) is 0 Å². The predicted octanol–water partition coefficient (Wildman–Crippen LogP) is 1.78. The average molecular weight is 255 g/mol. The molecule has 0 radical (unpaired) electrons. The van der Waals surface area contributed by atoms with Crippen molar-refractivity contribution in [3.8, 4) is 0 Å². The Bertz CT molecular complexity index is 472. The number of carboxylic acids is 1. The molecule has 96 valence electrons. The van der Waals surface area contributed by atoms with E-state index in [1.165, 1.54) is 18.2 Å². The van der Waals surface area contributed by atoms with Gasteiger partial charge >= 0.3 is 5.97 Å². The molecule has 1 amide bonds. The highest BCUT2D eigenvalue weighted by atomic mass is 19.3. The Kier molecular flexibility index (Phi) is 4.98. The molecular weight excluding hydrogens is 244 g/mol. The van der Waals surface area contributed by atoms with Gasteiger partial charge in [-0.25, -0.2) is 13.6 Å². The second-order valence-electron chi connectivity index (χ2n) is 3.40. The van der Waals surface area contributed by atoms with Gasteiger partial charge in [-0.2, -0.15) is 0 Å². The highest BCUT2D eigenvalue weighted by molar-refractivity contribution is 5.95. The number of carbonyl (C=O) groups is 2. The van der Waals surface area contributed by atoms with Crippen LogP contribution in [0.1, 0.15) is 15.9 Å². The van der Waals surface area contributed by atoms with Crippen molar-refractivity contribution >= 4 is 18.0 Å². The monoisotopic (exact) mass is 255 g/mol. The Morgan fingerprint density at radius 2 is 2.11 bits per heavy atom. The van der Waals surface area contributed by atoms with Crippen molar-refractivity contribution in [1.82, 2.24) is 5.32 Å². The summed E-state index contributed by atoms with van der Waals surface area (Å²) in [5, 5.41) is 10.5. The van der Waals surface area contributed by atoms with E-state index >= 15 is 0 Å². The minimum Gasteiger partial charge on any atom is -0.478 e. The lowest BCUT2D eigenvalue weighted by Crippen LogP contribution is -2.28. The first-order chi connectivity index (χ1) is 8.49. The molecule has 0 heterocycles. The number of alkyl halides is 2. The maximum absolute atomic E-state index is 11.9. The molecule has 0 aliphatic rings. The maximum atomic E-state index is 11.9. The number of hydrogen-bond donors (Lipinski definition) is 2. The summed E-state index contributed by atoms with van der Waals surface area (Å²) >= 11 is 0. The van der Waals surface area contributed by atoms with Crippen LogP contribution in [0.2, 0.25) is 0 Å². The number of amides is 1. The Labute approximate surface area is 102 Å². The van der Waals surface area contributed by atoms with Gasteiger partial charge in [-0.3, -0.25) is 4.79 Å². The lowest BCUT2D eigenvalue weighted by atomic mass is 10.1. The zero-order chi connectivity index (χ0) is 13.5. The molecule has 0 atom stereocenters. The van der Waals surface area contributed by atoms with Crippen LogP contribution in [0, 0.1) is 0 Å². The van der Waals surface area contributed by atoms with Crippen molar-refractivity contribution in [2.45, 2.75) is 6.43 Å². The average Bonchev–Trinajstić information content (AvgIpc) is 2.33. The van der Waals surface area contributed by atoms with Crippen LogP contribution in [0.3, 0.4) is 0 Å². The van der Waals surface area contributed by atoms with Gasteiger partial charge in [-0.1, -0.05) is 12.1 Å². The Morgan fingerprint density at radius 3 is 2.72 bits per heavy atom. The molecule has 2 N–H and O–H groups in total. The van der Waals surface area contributed by atoms with Crippen LogP contribution in [0.25, 0.3) is 6.08 Å². The van der Waals surface area contributed by atoms with Gasteiger partial charge in [-0.05, 0) is 23.8 Å². The summed E-state index contributed by atoms with van der Waals surface area (Å²) in [6, 6.07) is 6.02. The quantitative estimate of drug-likeness (QED) is 0.788. The van der Waals surface area contributed by atoms with Crippen LogP contribution in [0.5, 0.6) is 0 Å². The first-order valence-corrected chi connectivity index (χ1v) is 5.06. The van der Waals surface area contributed by atoms with E-state index in [4.69, 9.17) is 5.11 Å². The molecule has 0 bridgehead atoms. The van der Waals surface area contributed by atoms with Crippen LogP contribution in [0.4, 0.5) is 8.78 Å². The Morgan fingerprint density at radius 1 is 1.39 bits per heavy atom. The first kappa shape index (κ1) is 13.8. The molecular formula is C12H11F2NO3. The maximum Gasteiger partial charge on any atom is 0.328 e. The van der Waals surface area contributed by atoms with E-state index in [0.717, 1.165) is 6.08 Å². The molecule has 1 rings (SSSR count). The highest BCUT2D eigenvalue weighted by Gasteiger charge is 2.08. The molecule has 0 saturated heterocycles. The van der Waals surface area contributed by atoms with Crippen LogP contribution in [0.15, 0.2) is 30.3 Å². The molecule has 0 unspecified atom stereocenters.